The normalized spacial score (nSPS) is 14.3. The van der Waals surface area contributed by atoms with Crippen LogP contribution in [0, 0.1) is 0 Å². The minimum absolute atomic E-state index is 0. The number of halogens is 1. The van der Waals surface area contributed by atoms with E-state index in [-0.39, 0.29) is 40.3 Å². The van der Waals surface area contributed by atoms with E-state index < -0.39 is 5.97 Å². The Labute approximate surface area is 78.7 Å². The third-order valence-corrected chi connectivity index (χ3v) is 1.00. The van der Waals surface area contributed by atoms with Crippen molar-refractivity contribution in [3.63, 3.8) is 0 Å². The Bertz CT molecular complexity index is 193. The number of carboxylic acids is 1. The van der Waals surface area contributed by atoms with Crippen LogP contribution < -0.4 is 34.7 Å². The number of rotatable bonds is 1. The summed E-state index contributed by atoms with van der Waals surface area (Å²) in [4.78, 5) is 13.1. The van der Waals surface area contributed by atoms with Gasteiger partial charge in [-0.3, -0.25) is 4.99 Å². The van der Waals surface area contributed by atoms with E-state index in [1.165, 1.54) is 6.20 Å². The second-order valence-electron chi connectivity index (χ2n) is 1.24. The molecule has 1 aliphatic rings. The average molecular weight is 154 g/mol. The number of carboxylic acid groups (broad SMARTS) is 1. The van der Waals surface area contributed by atoms with Gasteiger partial charge < -0.3 is 9.90 Å². The van der Waals surface area contributed by atoms with Crippen molar-refractivity contribution in [1.82, 2.24) is 0 Å². The van der Waals surface area contributed by atoms with Gasteiger partial charge in [-0.25, -0.2) is 0 Å². The first-order valence-electron chi connectivity index (χ1n) is 1.87. The molecule has 1 heterocycles. The summed E-state index contributed by atoms with van der Waals surface area (Å²) >= 11 is 5.22. The van der Waals surface area contributed by atoms with E-state index in [1.54, 1.807) is 0 Å². The number of carbonyl (C=O) groups excluding carboxylic acids is 1. The van der Waals surface area contributed by atoms with E-state index in [2.05, 4.69) is 4.99 Å². The molecule has 0 fully saturated rings. The fourth-order valence-electron chi connectivity index (χ4n) is 0.328. The number of aliphatic carboxylic acids is 1. The minimum Gasteiger partial charge on any atom is -0.543 e. The summed E-state index contributed by atoms with van der Waals surface area (Å²) in [5.74, 6) is -1.32. The molecule has 0 spiro atoms. The zero-order valence-electron chi connectivity index (χ0n) is 4.72. The largest absolute Gasteiger partial charge is 1.00 e. The van der Waals surface area contributed by atoms with Gasteiger partial charge in [-0.15, -0.1) is 0 Å². The molecule has 9 heavy (non-hydrogen) atoms. The first kappa shape index (κ1) is 9.17. The van der Waals surface area contributed by atoms with Gasteiger partial charge in [-0.1, -0.05) is 11.6 Å². The van der Waals surface area contributed by atoms with Crippen molar-refractivity contribution < 1.29 is 39.5 Å². The van der Waals surface area contributed by atoms with Crippen molar-refractivity contribution in [2.75, 3.05) is 0 Å². The molecule has 0 bridgehead atoms. The van der Waals surface area contributed by atoms with Gasteiger partial charge >= 0.3 is 29.6 Å². The fourth-order valence-corrected chi connectivity index (χ4v) is 0.503. The molecule has 42 valence electrons. The van der Waals surface area contributed by atoms with Crippen LogP contribution in [-0.2, 0) is 4.79 Å². The summed E-state index contributed by atoms with van der Waals surface area (Å²) in [6, 6.07) is 0. The summed E-state index contributed by atoms with van der Waals surface area (Å²) in [5, 5.41) is 9.98. The minimum atomic E-state index is -1.32. The standard InChI is InChI=1S/C4H2ClNO2.Na/c5-2-1-6-3(2)4(7)8;/h1H,(H,7,8);/q;+1/p-1. The third kappa shape index (κ3) is 1.79. The molecular weight excluding hydrogens is 152 g/mol. The van der Waals surface area contributed by atoms with Gasteiger partial charge in [-0.05, 0) is 0 Å². The maximum Gasteiger partial charge on any atom is 1.00 e. The Balaban J connectivity index is 0.000000640. The van der Waals surface area contributed by atoms with Gasteiger partial charge in [-0.2, -0.15) is 0 Å². The first-order valence-corrected chi connectivity index (χ1v) is 2.25. The summed E-state index contributed by atoms with van der Waals surface area (Å²) in [5.41, 5.74) is -0.160. The smallest absolute Gasteiger partial charge is 0.543 e. The SMILES string of the molecule is O=C([O-])C1=NC=C1Cl.[Na+]. The number of carbonyl (C=O) groups is 1. The number of hydrogen-bond donors (Lipinski definition) is 0. The third-order valence-electron chi connectivity index (χ3n) is 0.727. The average Bonchev–Trinajstić information content (AvgIpc) is 1.61. The monoisotopic (exact) mass is 153 g/mol. The molecule has 1 aliphatic heterocycles. The topological polar surface area (TPSA) is 52.5 Å². The number of hydrogen-bond acceptors (Lipinski definition) is 3. The van der Waals surface area contributed by atoms with Crippen LogP contribution in [0.5, 0.6) is 0 Å². The summed E-state index contributed by atoms with van der Waals surface area (Å²) in [6.45, 7) is 0. The molecule has 0 aromatic rings. The number of nitrogens with zero attached hydrogens (tertiary/aromatic N) is 1. The maximum absolute atomic E-state index is 9.82. The molecule has 0 aromatic heterocycles. The van der Waals surface area contributed by atoms with Gasteiger partial charge in [0.15, 0.2) is 0 Å². The van der Waals surface area contributed by atoms with Crippen molar-refractivity contribution >= 4 is 23.3 Å². The molecule has 0 saturated heterocycles. The fraction of sp³-hybridized carbons (Fsp3) is 0. The molecule has 0 radical (unpaired) electrons. The molecule has 0 unspecified atom stereocenters. The predicted octanol–water partition coefficient (Wildman–Crippen LogP) is -3.72. The van der Waals surface area contributed by atoms with Crippen molar-refractivity contribution in [3.05, 3.63) is 11.2 Å². The summed E-state index contributed by atoms with van der Waals surface area (Å²) in [6.07, 6.45) is 1.26. The van der Waals surface area contributed by atoms with E-state index in [4.69, 9.17) is 11.6 Å². The van der Waals surface area contributed by atoms with Crippen LogP contribution in [0.2, 0.25) is 0 Å². The molecule has 0 amide bonds. The van der Waals surface area contributed by atoms with E-state index in [0.29, 0.717) is 0 Å². The van der Waals surface area contributed by atoms with Gasteiger partial charge in [0.1, 0.15) is 5.71 Å². The molecule has 3 nitrogen and oxygen atoms in total. The molecule has 0 N–H and O–H groups in total. The quantitative estimate of drug-likeness (QED) is 0.364. The Morgan fingerprint density at radius 3 is 2.33 bits per heavy atom. The van der Waals surface area contributed by atoms with Crippen molar-refractivity contribution in [2.45, 2.75) is 0 Å². The van der Waals surface area contributed by atoms with Crippen molar-refractivity contribution in [2.24, 2.45) is 4.99 Å². The van der Waals surface area contributed by atoms with Crippen LogP contribution in [0.15, 0.2) is 16.2 Å². The summed E-state index contributed by atoms with van der Waals surface area (Å²) < 4.78 is 0. The van der Waals surface area contributed by atoms with Crippen molar-refractivity contribution in [3.8, 4) is 0 Å². The molecule has 0 aliphatic carbocycles. The van der Waals surface area contributed by atoms with Crippen LogP contribution in [0.1, 0.15) is 0 Å². The van der Waals surface area contributed by atoms with Crippen LogP contribution in [-0.4, -0.2) is 11.7 Å². The zero-order chi connectivity index (χ0) is 6.15. The van der Waals surface area contributed by atoms with Gasteiger partial charge in [0, 0.05) is 6.20 Å². The Morgan fingerprint density at radius 1 is 1.78 bits per heavy atom. The van der Waals surface area contributed by atoms with Crippen LogP contribution in [0.4, 0.5) is 0 Å². The second kappa shape index (κ2) is 3.37. The van der Waals surface area contributed by atoms with Crippen LogP contribution >= 0.6 is 11.6 Å². The van der Waals surface area contributed by atoms with Crippen molar-refractivity contribution in [1.29, 1.82) is 0 Å². The number of aliphatic imine (C=N–C) groups is 1. The first-order chi connectivity index (χ1) is 3.72. The Hall–Kier alpha value is 0.170. The summed E-state index contributed by atoms with van der Waals surface area (Å²) in [7, 11) is 0. The molecule has 0 aromatic carbocycles. The molecule has 5 heteroatoms. The van der Waals surface area contributed by atoms with Crippen LogP contribution in [0.3, 0.4) is 0 Å². The van der Waals surface area contributed by atoms with E-state index in [1.807, 2.05) is 0 Å². The second-order valence-corrected chi connectivity index (χ2v) is 1.65. The maximum atomic E-state index is 9.82. The van der Waals surface area contributed by atoms with Gasteiger partial charge in [0.05, 0.1) is 11.0 Å². The predicted molar refractivity (Wildman–Crippen MR) is 26.4 cm³/mol. The van der Waals surface area contributed by atoms with E-state index in [9.17, 15) is 9.90 Å². The molecular formula is C4HClNNaO2. The molecule has 0 saturated carbocycles. The van der Waals surface area contributed by atoms with E-state index in [0.717, 1.165) is 0 Å². The Morgan fingerprint density at radius 2 is 2.33 bits per heavy atom. The Kier molecular flexibility index (Phi) is 3.43. The van der Waals surface area contributed by atoms with E-state index >= 15 is 0 Å². The zero-order valence-corrected chi connectivity index (χ0v) is 7.47. The van der Waals surface area contributed by atoms with Crippen LogP contribution in [0.25, 0.3) is 0 Å². The van der Waals surface area contributed by atoms with Gasteiger partial charge in [0.25, 0.3) is 0 Å². The molecule has 1 rings (SSSR count). The molecule has 0 atom stereocenters. The van der Waals surface area contributed by atoms with Gasteiger partial charge in [0.2, 0.25) is 0 Å².